The maximum absolute atomic E-state index is 12.7. The molecule has 0 radical (unpaired) electrons. The van der Waals surface area contributed by atoms with Gasteiger partial charge in [-0.1, -0.05) is 25.5 Å². The number of piperazine rings is 1. The van der Waals surface area contributed by atoms with Crippen molar-refractivity contribution in [2.24, 2.45) is 0 Å². The van der Waals surface area contributed by atoms with E-state index in [1.807, 2.05) is 47.4 Å². The summed E-state index contributed by atoms with van der Waals surface area (Å²) in [4.78, 5) is 16.7. The van der Waals surface area contributed by atoms with E-state index < -0.39 is 0 Å². The number of urea groups is 1. The molecule has 8 nitrogen and oxygen atoms in total. The molecule has 0 spiro atoms. The minimum atomic E-state index is -0.0717. The Morgan fingerprint density at radius 2 is 1.71 bits per heavy atom. The lowest BCUT2D eigenvalue weighted by Gasteiger charge is -2.35. The van der Waals surface area contributed by atoms with E-state index in [9.17, 15) is 4.79 Å². The van der Waals surface area contributed by atoms with Gasteiger partial charge >= 0.3 is 6.03 Å². The fourth-order valence-electron chi connectivity index (χ4n) is 4.13. The number of carbonyl (C=O) groups excluding carboxylic acids is 1. The number of benzene rings is 2. The summed E-state index contributed by atoms with van der Waals surface area (Å²) in [6.45, 7) is 4.82. The van der Waals surface area contributed by atoms with Gasteiger partial charge in [0.2, 0.25) is 0 Å². The summed E-state index contributed by atoms with van der Waals surface area (Å²) in [6.07, 6.45) is 3.43. The molecule has 3 aromatic rings. The van der Waals surface area contributed by atoms with Crippen molar-refractivity contribution >= 4 is 17.5 Å². The predicted molar refractivity (Wildman–Crippen MR) is 138 cm³/mol. The largest absolute Gasteiger partial charge is 0.497 e. The van der Waals surface area contributed by atoms with Crippen LogP contribution in [-0.2, 0) is 6.42 Å². The first-order valence-electron chi connectivity index (χ1n) is 12.1. The summed E-state index contributed by atoms with van der Waals surface area (Å²) in [6, 6.07) is 17.5. The van der Waals surface area contributed by atoms with Gasteiger partial charge in [0, 0.05) is 37.4 Å². The number of hydrogen-bond donors (Lipinski definition) is 1. The zero-order chi connectivity index (χ0) is 24.6. The van der Waals surface area contributed by atoms with Crippen molar-refractivity contribution in [3.8, 4) is 22.8 Å². The van der Waals surface area contributed by atoms with Crippen molar-refractivity contribution in [1.29, 1.82) is 0 Å². The Kier molecular flexibility index (Phi) is 8.03. The quantitative estimate of drug-likeness (QED) is 0.501. The van der Waals surface area contributed by atoms with Crippen LogP contribution in [0.1, 0.15) is 25.3 Å². The van der Waals surface area contributed by atoms with Crippen molar-refractivity contribution in [2.75, 3.05) is 50.6 Å². The Balaban J connectivity index is 1.33. The average Bonchev–Trinajstić information content (AvgIpc) is 2.92. The second-order valence-electron chi connectivity index (χ2n) is 8.55. The van der Waals surface area contributed by atoms with Gasteiger partial charge in [0.15, 0.2) is 5.82 Å². The molecular weight excluding hydrogens is 442 g/mol. The van der Waals surface area contributed by atoms with Crippen molar-refractivity contribution in [3.63, 3.8) is 0 Å². The van der Waals surface area contributed by atoms with Gasteiger partial charge in [-0.15, -0.1) is 10.2 Å². The van der Waals surface area contributed by atoms with Crippen LogP contribution in [0.4, 0.5) is 16.3 Å². The molecule has 1 N–H and O–H groups in total. The van der Waals surface area contributed by atoms with Crippen molar-refractivity contribution in [3.05, 3.63) is 60.2 Å². The van der Waals surface area contributed by atoms with E-state index in [0.29, 0.717) is 37.6 Å². The highest BCUT2D eigenvalue weighted by atomic mass is 16.5. The topological polar surface area (TPSA) is 79.8 Å². The van der Waals surface area contributed by atoms with Crippen LogP contribution >= 0.6 is 0 Å². The summed E-state index contributed by atoms with van der Waals surface area (Å²) < 4.78 is 10.8. The Morgan fingerprint density at radius 1 is 0.943 bits per heavy atom. The fraction of sp³-hybridized carbons (Fsp3) is 0.370. The monoisotopic (exact) mass is 475 g/mol. The molecule has 0 unspecified atom stereocenters. The molecule has 1 fully saturated rings. The second-order valence-corrected chi connectivity index (χ2v) is 8.55. The van der Waals surface area contributed by atoms with Crippen LogP contribution < -0.4 is 19.7 Å². The second kappa shape index (κ2) is 11.6. The summed E-state index contributed by atoms with van der Waals surface area (Å²) in [5, 5.41) is 11.9. The molecule has 0 bridgehead atoms. The molecule has 2 amide bonds. The van der Waals surface area contributed by atoms with Crippen LogP contribution in [0, 0.1) is 0 Å². The molecule has 8 heteroatoms. The normalized spacial score (nSPS) is 13.5. The van der Waals surface area contributed by atoms with Crippen molar-refractivity contribution in [1.82, 2.24) is 15.1 Å². The summed E-state index contributed by atoms with van der Waals surface area (Å²) in [5.41, 5.74) is 3.66. The zero-order valence-electron chi connectivity index (χ0n) is 20.7. The molecular formula is C27H33N5O3. The molecule has 0 saturated carbocycles. The molecule has 1 saturated heterocycles. The minimum absolute atomic E-state index is 0.0717. The number of ether oxygens (including phenoxy) is 2. The number of nitrogens with zero attached hydrogens (tertiary/aromatic N) is 4. The lowest BCUT2D eigenvalue weighted by molar-refractivity contribution is 0.208. The number of hydrogen-bond acceptors (Lipinski definition) is 6. The van der Waals surface area contributed by atoms with Crippen LogP contribution in [0.2, 0.25) is 0 Å². The number of anilines is 2. The van der Waals surface area contributed by atoms with E-state index >= 15 is 0 Å². The Bertz CT molecular complexity index is 1110. The third kappa shape index (κ3) is 6.01. The SMILES string of the molecule is CCCCc1ccc(NC(=O)N2CCN(c3ccc(-c4cc(OC)ccc4OC)nn3)CC2)cc1. The smallest absolute Gasteiger partial charge is 0.321 e. The molecule has 4 rings (SSSR count). The Morgan fingerprint density at radius 3 is 2.34 bits per heavy atom. The van der Waals surface area contributed by atoms with E-state index in [4.69, 9.17) is 9.47 Å². The fourth-order valence-corrected chi connectivity index (χ4v) is 4.13. The first-order valence-corrected chi connectivity index (χ1v) is 12.1. The number of amides is 2. The van der Waals surface area contributed by atoms with Gasteiger partial charge < -0.3 is 24.6 Å². The molecule has 2 aromatic carbocycles. The number of nitrogens with one attached hydrogen (secondary N) is 1. The van der Waals surface area contributed by atoms with Crippen LogP contribution in [0.5, 0.6) is 11.5 Å². The van der Waals surface area contributed by atoms with Crippen LogP contribution in [0.3, 0.4) is 0 Å². The number of unbranched alkanes of at least 4 members (excludes halogenated alkanes) is 1. The first kappa shape index (κ1) is 24.3. The van der Waals surface area contributed by atoms with E-state index in [1.165, 1.54) is 18.4 Å². The van der Waals surface area contributed by atoms with Gasteiger partial charge in [-0.25, -0.2) is 4.79 Å². The molecule has 1 aromatic heterocycles. The van der Waals surface area contributed by atoms with E-state index in [1.54, 1.807) is 14.2 Å². The third-order valence-corrected chi connectivity index (χ3v) is 6.25. The molecule has 2 heterocycles. The number of carbonyl (C=O) groups is 1. The summed E-state index contributed by atoms with van der Waals surface area (Å²) >= 11 is 0. The highest BCUT2D eigenvalue weighted by Crippen LogP contribution is 2.32. The predicted octanol–water partition coefficient (Wildman–Crippen LogP) is 4.86. The highest BCUT2D eigenvalue weighted by molar-refractivity contribution is 5.89. The zero-order valence-corrected chi connectivity index (χ0v) is 20.7. The van der Waals surface area contributed by atoms with Crippen LogP contribution in [-0.4, -0.2) is 61.5 Å². The minimum Gasteiger partial charge on any atom is -0.497 e. The number of methoxy groups -OCH3 is 2. The van der Waals surface area contributed by atoms with Gasteiger partial charge in [-0.2, -0.15) is 0 Å². The molecule has 1 aliphatic heterocycles. The van der Waals surface area contributed by atoms with E-state index in [-0.39, 0.29) is 6.03 Å². The first-order chi connectivity index (χ1) is 17.1. The summed E-state index contributed by atoms with van der Waals surface area (Å²) in [7, 11) is 3.26. The van der Waals surface area contributed by atoms with Crippen LogP contribution in [0.15, 0.2) is 54.6 Å². The third-order valence-electron chi connectivity index (χ3n) is 6.25. The lowest BCUT2D eigenvalue weighted by atomic mass is 10.1. The van der Waals surface area contributed by atoms with Crippen molar-refractivity contribution < 1.29 is 14.3 Å². The standard InChI is InChI=1S/C27H33N5O3/c1-4-5-6-20-7-9-21(10-8-20)28-27(33)32-17-15-31(16-18-32)26-14-12-24(29-30-26)23-19-22(34-2)11-13-25(23)35-3/h7-14,19H,4-6,15-18H2,1-3H3,(H,28,33). The maximum atomic E-state index is 12.7. The summed E-state index contributed by atoms with van der Waals surface area (Å²) in [5.74, 6) is 2.23. The Labute approximate surface area is 206 Å². The molecule has 0 aliphatic carbocycles. The molecule has 35 heavy (non-hydrogen) atoms. The van der Waals surface area contributed by atoms with Crippen molar-refractivity contribution in [2.45, 2.75) is 26.2 Å². The van der Waals surface area contributed by atoms with Gasteiger partial charge in [0.1, 0.15) is 11.5 Å². The number of rotatable bonds is 8. The van der Waals surface area contributed by atoms with Gasteiger partial charge in [-0.3, -0.25) is 0 Å². The number of aryl methyl sites for hydroxylation is 1. The van der Waals surface area contributed by atoms with Gasteiger partial charge in [-0.05, 0) is 60.9 Å². The molecule has 1 aliphatic rings. The van der Waals surface area contributed by atoms with Gasteiger partial charge in [0.05, 0.1) is 19.9 Å². The average molecular weight is 476 g/mol. The maximum Gasteiger partial charge on any atom is 0.321 e. The molecule has 184 valence electrons. The lowest BCUT2D eigenvalue weighted by Crippen LogP contribution is -2.50. The van der Waals surface area contributed by atoms with Gasteiger partial charge in [0.25, 0.3) is 0 Å². The molecule has 0 atom stereocenters. The van der Waals surface area contributed by atoms with E-state index in [0.717, 1.165) is 29.2 Å². The Hall–Kier alpha value is -3.81. The van der Waals surface area contributed by atoms with Crippen LogP contribution in [0.25, 0.3) is 11.3 Å². The highest BCUT2D eigenvalue weighted by Gasteiger charge is 2.22. The number of aromatic nitrogens is 2. The van der Waals surface area contributed by atoms with E-state index in [2.05, 4.69) is 39.5 Å².